The van der Waals surface area contributed by atoms with Crippen LogP contribution >= 0.6 is 12.4 Å². The molecule has 0 spiro atoms. The summed E-state index contributed by atoms with van der Waals surface area (Å²) in [6.07, 6.45) is 3.58. The second kappa shape index (κ2) is 8.06. The molecule has 86 valence electrons. The summed E-state index contributed by atoms with van der Waals surface area (Å²) in [5, 5.41) is 0. The molecule has 0 saturated heterocycles. The van der Waals surface area contributed by atoms with Gasteiger partial charge in [-0.05, 0) is 12.8 Å². The minimum atomic E-state index is -0.432. The van der Waals surface area contributed by atoms with Crippen LogP contribution in [0.15, 0.2) is 0 Å². The van der Waals surface area contributed by atoms with Crippen LogP contribution in [-0.2, 0) is 9.53 Å². The van der Waals surface area contributed by atoms with Crippen LogP contribution in [-0.4, -0.2) is 19.6 Å². The molecule has 0 amide bonds. The Hall–Kier alpha value is -0.280. The monoisotopic (exact) mass is 223 g/mol. The first-order valence-electron chi connectivity index (χ1n) is 4.95. The number of methoxy groups -OCH3 is 1. The minimum absolute atomic E-state index is 0. The number of esters is 1. The summed E-state index contributed by atoms with van der Waals surface area (Å²) in [7, 11) is 1.43. The third kappa shape index (κ3) is 3.84. The normalized spacial score (nSPS) is 10.6. The molecule has 0 aromatic carbocycles. The highest BCUT2D eigenvalue weighted by atomic mass is 35.5. The number of nitrogens with two attached hydrogens (primary N) is 1. The van der Waals surface area contributed by atoms with Crippen molar-refractivity contribution in [2.24, 2.45) is 11.1 Å². The first-order valence-corrected chi connectivity index (χ1v) is 4.95. The molecule has 0 atom stereocenters. The molecule has 14 heavy (non-hydrogen) atoms. The second-order valence-electron chi connectivity index (χ2n) is 3.48. The van der Waals surface area contributed by atoms with Gasteiger partial charge in [0.2, 0.25) is 0 Å². The van der Waals surface area contributed by atoms with E-state index < -0.39 is 5.41 Å². The van der Waals surface area contributed by atoms with Gasteiger partial charge in [0.05, 0.1) is 12.5 Å². The zero-order valence-electron chi connectivity index (χ0n) is 9.34. The van der Waals surface area contributed by atoms with Crippen LogP contribution in [0.1, 0.15) is 39.5 Å². The summed E-state index contributed by atoms with van der Waals surface area (Å²) in [4.78, 5) is 11.5. The van der Waals surface area contributed by atoms with Crippen molar-refractivity contribution in [3.05, 3.63) is 0 Å². The van der Waals surface area contributed by atoms with Crippen LogP contribution in [0, 0.1) is 5.41 Å². The summed E-state index contributed by atoms with van der Waals surface area (Å²) in [6, 6.07) is 0. The zero-order valence-corrected chi connectivity index (χ0v) is 10.2. The summed E-state index contributed by atoms with van der Waals surface area (Å²) in [6.45, 7) is 4.51. The first-order chi connectivity index (χ1) is 6.16. The highest BCUT2D eigenvalue weighted by Gasteiger charge is 2.36. The van der Waals surface area contributed by atoms with Crippen molar-refractivity contribution in [3.63, 3.8) is 0 Å². The van der Waals surface area contributed by atoms with E-state index in [1.807, 2.05) is 0 Å². The highest BCUT2D eigenvalue weighted by molar-refractivity contribution is 5.85. The number of halogens is 1. The van der Waals surface area contributed by atoms with E-state index in [1.165, 1.54) is 7.11 Å². The zero-order chi connectivity index (χ0) is 10.3. The van der Waals surface area contributed by atoms with Crippen LogP contribution in [0.4, 0.5) is 0 Å². The average molecular weight is 224 g/mol. The predicted molar refractivity (Wildman–Crippen MR) is 60.6 cm³/mol. The molecule has 4 heteroatoms. The van der Waals surface area contributed by atoms with Crippen molar-refractivity contribution < 1.29 is 9.53 Å². The van der Waals surface area contributed by atoms with Crippen LogP contribution in [0.5, 0.6) is 0 Å². The molecular weight excluding hydrogens is 202 g/mol. The number of carbonyl (C=O) groups excluding carboxylic acids is 1. The molecule has 0 bridgehead atoms. The lowest BCUT2D eigenvalue weighted by atomic mass is 9.79. The molecule has 0 aromatic rings. The van der Waals surface area contributed by atoms with Crippen LogP contribution in [0.2, 0.25) is 0 Å². The van der Waals surface area contributed by atoms with Crippen LogP contribution in [0.3, 0.4) is 0 Å². The van der Waals surface area contributed by atoms with E-state index in [4.69, 9.17) is 10.5 Å². The molecule has 2 N–H and O–H groups in total. The lowest BCUT2D eigenvalue weighted by Crippen LogP contribution is -2.39. The van der Waals surface area contributed by atoms with Gasteiger partial charge in [0, 0.05) is 6.54 Å². The topological polar surface area (TPSA) is 52.3 Å². The number of carbonyl (C=O) groups is 1. The van der Waals surface area contributed by atoms with Gasteiger partial charge < -0.3 is 10.5 Å². The molecule has 0 fully saturated rings. The average Bonchev–Trinajstić information content (AvgIpc) is 2.16. The van der Waals surface area contributed by atoms with E-state index in [2.05, 4.69) is 13.8 Å². The molecule has 3 nitrogen and oxygen atoms in total. The van der Waals surface area contributed by atoms with E-state index in [0.717, 1.165) is 25.7 Å². The Bertz CT molecular complexity index is 156. The lowest BCUT2D eigenvalue weighted by molar-refractivity contribution is -0.153. The van der Waals surface area contributed by atoms with E-state index in [9.17, 15) is 4.79 Å². The van der Waals surface area contributed by atoms with Crippen LogP contribution in [0.25, 0.3) is 0 Å². The Morgan fingerprint density at radius 1 is 1.29 bits per heavy atom. The van der Waals surface area contributed by atoms with Gasteiger partial charge in [-0.25, -0.2) is 0 Å². The van der Waals surface area contributed by atoms with E-state index in [1.54, 1.807) is 0 Å². The number of rotatable bonds is 6. The molecule has 0 aliphatic rings. The largest absolute Gasteiger partial charge is 0.469 e. The Balaban J connectivity index is 0. The molecule has 0 radical (unpaired) electrons. The fraction of sp³-hybridized carbons (Fsp3) is 0.900. The van der Waals surface area contributed by atoms with Gasteiger partial charge in [-0.15, -0.1) is 12.4 Å². The molecule has 0 saturated carbocycles. The maximum atomic E-state index is 11.5. The maximum absolute atomic E-state index is 11.5. The van der Waals surface area contributed by atoms with Gasteiger partial charge in [0.1, 0.15) is 0 Å². The molecule has 0 aromatic heterocycles. The van der Waals surface area contributed by atoms with Gasteiger partial charge in [0.25, 0.3) is 0 Å². The molecule has 0 aliphatic carbocycles. The number of hydrogen-bond acceptors (Lipinski definition) is 3. The Morgan fingerprint density at radius 3 is 1.93 bits per heavy atom. The fourth-order valence-corrected chi connectivity index (χ4v) is 1.79. The van der Waals surface area contributed by atoms with Crippen molar-refractivity contribution in [1.82, 2.24) is 0 Å². The molecular formula is C10H22ClNO2. The maximum Gasteiger partial charge on any atom is 0.313 e. The quantitative estimate of drug-likeness (QED) is 0.702. The third-order valence-electron chi connectivity index (χ3n) is 2.47. The summed E-state index contributed by atoms with van der Waals surface area (Å²) in [5.74, 6) is -0.154. The predicted octanol–water partition coefficient (Wildman–Crippen LogP) is 2.13. The van der Waals surface area contributed by atoms with Crippen molar-refractivity contribution in [2.75, 3.05) is 13.7 Å². The number of hydrogen-bond donors (Lipinski definition) is 1. The molecule has 0 rings (SSSR count). The molecule has 0 unspecified atom stereocenters. The first kappa shape index (κ1) is 16.2. The minimum Gasteiger partial charge on any atom is -0.469 e. The van der Waals surface area contributed by atoms with Crippen LogP contribution < -0.4 is 5.73 Å². The standard InChI is InChI=1S/C10H21NO2.ClH/c1-4-6-10(8-11,7-5-2)9(12)13-3;/h4-8,11H2,1-3H3;1H. The van der Waals surface area contributed by atoms with Gasteiger partial charge in [-0.3, -0.25) is 4.79 Å². The van der Waals surface area contributed by atoms with Gasteiger partial charge in [-0.1, -0.05) is 26.7 Å². The lowest BCUT2D eigenvalue weighted by Gasteiger charge is -2.28. The second-order valence-corrected chi connectivity index (χ2v) is 3.48. The SMILES string of the molecule is CCCC(CN)(CCC)C(=O)OC.Cl. The summed E-state index contributed by atoms with van der Waals surface area (Å²) in [5.41, 5.74) is 5.22. The van der Waals surface area contributed by atoms with Crippen molar-refractivity contribution in [1.29, 1.82) is 0 Å². The van der Waals surface area contributed by atoms with E-state index in [-0.39, 0.29) is 18.4 Å². The van der Waals surface area contributed by atoms with E-state index in [0.29, 0.717) is 6.54 Å². The smallest absolute Gasteiger partial charge is 0.313 e. The Labute approximate surface area is 92.8 Å². The summed E-state index contributed by atoms with van der Waals surface area (Å²) < 4.78 is 4.79. The van der Waals surface area contributed by atoms with E-state index >= 15 is 0 Å². The van der Waals surface area contributed by atoms with Gasteiger partial charge in [0.15, 0.2) is 0 Å². The fourth-order valence-electron chi connectivity index (χ4n) is 1.79. The van der Waals surface area contributed by atoms with Crippen molar-refractivity contribution in [3.8, 4) is 0 Å². The molecule has 0 aliphatic heterocycles. The Morgan fingerprint density at radius 2 is 1.71 bits per heavy atom. The highest BCUT2D eigenvalue weighted by Crippen LogP contribution is 2.29. The van der Waals surface area contributed by atoms with Gasteiger partial charge >= 0.3 is 5.97 Å². The van der Waals surface area contributed by atoms with Crippen molar-refractivity contribution >= 4 is 18.4 Å². The molecule has 0 heterocycles. The number of ether oxygens (including phenoxy) is 1. The summed E-state index contributed by atoms with van der Waals surface area (Å²) >= 11 is 0. The Kier molecular flexibility index (Phi) is 9.31. The third-order valence-corrected chi connectivity index (χ3v) is 2.47. The van der Waals surface area contributed by atoms with Crippen molar-refractivity contribution in [2.45, 2.75) is 39.5 Å². The van der Waals surface area contributed by atoms with Gasteiger partial charge in [-0.2, -0.15) is 0 Å².